The van der Waals surface area contributed by atoms with Gasteiger partial charge in [0.25, 0.3) is 0 Å². The summed E-state index contributed by atoms with van der Waals surface area (Å²) in [5, 5.41) is 28.7. The van der Waals surface area contributed by atoms with Crippen molar-refractivity contribution < 1.29 is 27.0 Å². The van der Waals surface area contributed by atoms with Crippen LogP contribution < -0.4 is 5.73 Å². The molecular formula is C10H13NO4. The molecule has 0 aliphatic rings. The van der Waals surface area contributed by atoms with Crippen molar-refractivity contribution in [2.75, 3.05) is 0 Å². The molecule has 5 N–H and O–H groups in total. The van der Waals surface area contributed by atoms with E-state index in [4.69, 9.17) is 12.6 Å². The second-order valence-electron chi connectivity index (χ2n) is 2.77. The van der Waals surface area contributed by atoms with Crippen LogP contribution in [0.1, 0.15) is 25.4 Å². The molecule has 5 nitrogen and oxygen atoms in total. The van der Waals surface area contributed by atoms with Gasteiger partial charge in [-0.15, -0.1) is 0 Å². The van der Waals surface area contributed by atoms with E-state index in [2.05, 4.69) is 0 Å². The molecule has 0 aliphatic heterocycles. The third kappa shape index (κ3) is 2.45. The van der Waals surface area contributed by atoms with Gasteiger partial charge in [0.1, 0.15) is 11.9 Å². The minimum atomic E-state index is -3.26. The van der Waals surface area contributed by atoms with Crippen LogP contribution in [-0.2, 0) is 4.79 Å². The quantitative estimate of drug-likeness (QED) is 0.534. The number of carbonyl (C=O) groups is 1. The molecule has 0 saturated carbocycles. The van der Waals surface area contributed by atoms with E-state index in [9.17, 15) is 20.1 Å². The monoisotopic (exact) mass is 216 g/mol. The Balaban J connectivity index is 3.76. The van der Waals surface area contributed by atoms with E-state index in [0.29, 0.717) is 0 Å². The third-order valence-electron chi connectivity index (χ3n) is 1.64. The molecule has 0 unspecified atom stereocenters. The Morgan fingerprint density at radius 2 is 2.13 bits per heavy atom. The number of aliphatic hydroxyl groups is 1. The number of benzene rings is 1. The average molecular weight is 216 g/mol. The maximum absolute atomic E-state index is 11.3. The zero-order valence-corrected chi connectivity index (χ0v) is 7.83. The Kier molecular flexibility index (Phi) is 1.74. The Bertz CT molecular complexity index is 558. The SMILES string of the molecule is [2H]c1c([2H])c([C@@]([2H])(O)[C@@]([2H])(N)C(C)=O)c([2H])c(O)c1O. The molecular weight excluding hydrogens is 198 g/mol. The smallest absolute Gasteiger partial charge is 0.157 e. The Morgan fingerprint density at radius 3 is 2.67 bits per heavy atom. The van der Waals surface area contributed by atoms with Gasteiger partial charge in [-0.3, -0.25) is 4.79 Å². The van der Waals surface area contributed by atoms with Gasteiger partial charge in [-0.2, -0.15) is 0 Å². The summed E-state index contributed by atoms with van der Waals surface area (Å²) in [6, 6.07) is -5.91. The van der Waals surface area contributed by atoms with Crippen LogP contribution in [0.5, 0.6) is 11.5 Å². The van der Waals surface area contributed by atoms with E-state index < -0.39 is 53.1 Å². The summed E-state index contributed by atoms with van der Waals surface area (Å²) in [6.07, 6.45) is -3.26. The van der Waals surface area contributed by atoms with E-state index in [1.54, 1.807) is 0 Å². The number of nitrogens with two attached hydrogens (primary N) is 1. The number of carbonyl (C=O) groups excluding carboxylic acids is 1. The first-order valence-corrected chi connectivity index (χ1v) is 3.91. The van der Waals surface area contributed by atoms with E-state index >= 15 is 0 Å². The van der Waals surface area contributed by atoms with E-state index in [1.165, 1.54) is 0 Å². The lowest BCUT2D eigenvalue weighted by atomic mass is 10.00. The fraction of sp³-hybridized carbons (Fsp3) is 0.300. The van der Waals surface area contributed by atoms with Crippen LogP contribution >= 0.6 is 0 Å². The minimum Gasteiger partial charge on any atom is -0.504 e. The molecule has 0 bridgehead atoms. The van der Waals surface area contributed by atoms with Crippen LogP contribution in [0, 0.1) is 0 Å². The van der Waals surface area contributed by atoms with Gasteiger partial charge in [0.2, 0.25) is 0 Å². The van der Waals surface area contributed by atoms with Crippen LogP contribution in [0.4, 0.5) is 0 Å². The number of aromatic hydroxyl groups is 2. The van der Waals surface area contributed by atoms with Crippen molar-refractivity contribution in [3.63, 3.8) is 0 Å². The van der Waals surface area contributed by atoms with Gasteiger partial charge in [-0.25, -0.2) is 0 Å². The highest BCUT2D eigenvalue weighted by molar-refractivity contribution is 5.82. The molecule has 0 spiro atoms. The molecule has 0 aliphatic carbocycles. The fourth-order valence-corrected chi connectivity index (χ4v) is 0.810. The highest BCUT2D eigenvalue weighted by atomic mass is 16.3. The molecule has 0 heterocycles. The van der Waals surface area contributed by atoms with E-state index in [0.717, 1.165) is 6.92 Å². The lowest BCUT2D eigenvalue weighted by Gasteiger charge is -2.16. The number of phenols is 2. The van der Waals surface area contributed by atoms with Crippen molar-refractivity contribution in [2.45, 2.75) is 19.0 Å². The zero-order valence-electron chi connectivity index (χ0n) is 12.8. The number of hydrogen-bond donors (Lipinski definition) is 4. The topological polar surface area (TPSA) is 104 Å². The number of ketones is 1. The molecule has 1 aromatic rings. The van der Waals surface area contributed by atoms with Gasteiger partial charge in [-0.05, 0) is 24.6 Å². The molecule has 1 aromatic carbocycles. The van der Waals surface area contributed by atoms with Crippen LogP contribution in [0.15, 0.2) is 18.1 Å². The van der Waals surface area contributed by atoms with Gasteiger partial charge < -0.3 is 21.1 Å². The second-order valence-corrected chi connectivity index (χ2v) is 2.77. The lowest BCUT2D eigenvalue weighted by molar-refractivity contribution is -0.120. The standard InChI is InChI=1S/C10H13NO4/c1-5(12)9(11)10(15)6-2-3-7(13)8(14)4-6/h2-4,9-10,13-15H,11H2,1H3/t9-,10+/m0/s1/i2D,3D,4D,9D,10D. The first-order valence-electron chi connectivity index (χ1n) is 6.41. The Labute approximate surface area is 93.8 Å². The largest absolute Gasteiger partial charge is 0.504 e. The molecule has 0 amide bonds. The van der Waals surface area contributed by atoms with Crippen molar-refractivity contribution in [3.05, 3.63) is 23.7 Å². The van der Waals surface area contributed by atoms with Crippen LogP contribution in [-0.4, -0.2) is 27.1 Å². The first kappa shape index (κ1) is 6.09. The van der Waals surface area contributed by atoms with Crippen molar-refractivity contribution in [2.24, 2.45) is 5.73 Å². The van der Waals surface area contributed by atoms with Gasteiger partial charge in [0, 0.05) is 0 Å². The Hall–Kier alpha value is -1.59. The molecule has 0 saturated heterocycles. The predicted octanol–water partition coefficient (Wildman–Crippen LogP) is 0.0475. The minimum absolute atomic E-state index is 0.835. The number of Topliss-reactive ketones (excluding diaryl/α,β-unsaturated/α-hetero) is 1. The molecule has 2 atom stereocenters. The van der Waals surface area contributed by atoms with Crippen molar-refractivity contribution in [1.29, 1.82) is 0 Å². The molecule has 0 radical (unpaired) electrons. The van der Waals surface area contributed by atoms with Gasteiger partial charge in [-0.1, -0.05) is 6.04 Å². The van der Waals surface area contributed by atoms with Crippen LogP contribution in [0.2, 0.25) is 0 Å². The average Bonchev–Trinajstić information content (AvgIpc) is 2.33. The van der Waals surface area contributed by atoms with Crippen LogP contribution in [0.25, 0.3) is 0 Å². The second kappa shape index (κ2) is 4.29. The molecule has 82 valence electrons. The molecule has 0 aromatic heterocycles. The van der Waals surface area contributed by atoms with Gasteiger partial charge >= 0.3 is 0 Å². The van der Waals surface area contributed by atoms with E-state index in [1.807, 2.05) is 0 Å². The van der Waals surface area contributed by atoms with Crippen molar-refractivity contribution >= 4 is 5.78 Å². The summed E-state index contributed by atoms with van der Waals surface area (Å²) >= 11 is 0. The maximum Gasteiger partial charge on any atom is 0.157 e. The lowest BCUT2D eigenvalue weighted by Crippen LogP contribution is -2.35. The summed E-state index contributed by atoms with van der Waals surface area (Å²) in [7, 11) is 0. The van der Waals surface area contributed by atoms with Gasteiger partial charge in [0.15, 0.2) is 11.5 Å². The van der Waals surface area contributed by atoms with Crippen LogP contribution in [0.3, 0.4) is 0 Å². The Morgan fingerprint density at radius 1 is 1.53 bits per heavy atom. The summed E-state index contributed by atoms with van der Waals surface area (Å²) in [5.41, 5.74) is 4.24. The number of phenolic OH excluding ortho intramolecular Hbond substituents is 2. The summed E-state index contributed by atoms with van der Waals surface area (Å²) in [5.74, 6) is -3.34. The zero-order chi connectivity index (χ0) is 16.0. The van der Waals surface area contributed by atoms with E-state index in [-0.39, 0.29) is 0 Å². The normalized spacial score (nSPS) is 23.5. The number of hydrogen-bond acceptors (Lipinski definition) is 5. The third-order valence-corrected chi connectivity index (χ3v) is 1.64. The number of rotatable bonds is 3. The molecule has 15 heavy (non-hydrogen) atoms. The molecule has 5 heteroatoms. The predicted molar refractivity (Wildman–Crippen MR) is 53.4 cm³/mol. The highest BCUT2D eigenvalue weighted by Gasteiger charge is 2.21. The molecule has 0 fully saturated rings. The highest BCUT2D eigenvalue weighted by Crippen LogP contribution is 2.28. The van der Waals surface area contributed by atoms with Gasteiger partial charge in [0.05, 0.1) is 12.9 Å². The summed E-state index contributed by atoms with van der Waals surface area (Å²) in [4.78, 5) is 11.3. The molecule has 1 rings (SSSR count). The van der Waals surface area contributed by atoms with Crippen molar-refractivity contribution in [1.82, 2.24) is 0 Å². The fourth-order valence-electron chi connectivity index (χ4n) is 0.810. The maximum atomic E-state index is 11.3. The van der Waals surface area contributed by atoms with Crippen molar-refractivity contribution in [3.8, 4) is 11.5 Å². The summed E-state index contributed by atoms with van der Waals surface area (Å²) in [6.45, 7) is 0.835. The first-order chi connectivity index (χ1) is 8.87. The summed E-state index contributed by atoms with van der Waals surface area (Å²) < 4.78 is 37.6.